The predicted octanol–water partition coefficient (Wildman–Crippen LogP) is 3.03. The minimum Gasteiger partial charge on any atom is -0.461 e. The normalized spacial score (nSPS) is 10.3. The van der Waals surface area contributed by atoms with E-state index >= 15 is 0 Å². The molecule has 0 saturated heterocycles. The van der Waals surface area contributed by atoms with Gasteiger partial charge in [-0.3, -0.25) is 0 Å². The molecule has 0 radical (unpaired) electrons. The van der Waals surface area contributed by atoms with Crippen molar-refractivity contribution in [3.8, 4) is 0 Å². The molecule has 1 aromatic carbocycles. The van der Waals surface area contributed by atoms with Crippen LogP contribution < -0.4 is 5.73 Å². The summed E-state index contributed by atoms with van der Waals surface area (Å²) in [6.45, 7) is 2.64. The van der Waals surface area contributed by atoms with Gasteiger partial charge in [-0.1, -0.05) is 15.9 Å². The Morgan fingerprint density at radius 3 is 2.84 bits per heavy atom. The van der Waals surface area contributed by atoms with E-state index in [0.29, 0.717) is 25.3 Å². The maximum absolute atomic E-state index is 11.9. The summed E-state index contributed by atoms with van der Waals surface area (Å²) in [7, 11) is 0. The summed E-state index contributed by atoms with van der Waals surface area (Å²) in [4.78, 5) is 15.0. The number of fused-ring (bicyclic) bond motifs is 1. The smallest absolute Gasteiger partial charge is 0.355 e. The molecule has 1 aromatic heterocycles. The standard InChI is InChI=1S/C13H15BrN2O2.ClH/c1-2-18-13(17)12-9(5-6-15)10-7-8(14)3-4-11(10)16-12;/h3-4,7,16H,2,5-6,15H2,1H3;1H. The summed E-state index contributed by atoms with van der Waals surface area (Å²) in [5.41, 5.74) is 7.97. The summed E-state index contributed by atoms with van der Waals surface area (Å²) >= 11 is 3.43. The molecule has 0 aliphatic rings. The zero-order chi connectivity index (χ0) is 13.1. The van der Waals surface area contributed by atoms with Gasteiger partial charge in [0.25, 0.3) is 0 Å². The topological polar surface area (TPSA) is 68.1 Å². The van der Waals surface area contributed by atoms with Gasteiger partial charge in [-0.05, 0) is 43.7 Å². The van der Waals surface area contributed by atoms with Crippen LogP contribution in [0.1, 0.15) is 23.0 Å². The van der Waals surface area contributed by atoms with Crippen LogP contribution in [0.2, 0.25) is 0 Å². The summed E-state index contributed by atoms with van der Waals surface area (Å²) in [6, 6.07) is 5.85. The molecule has 2 aromatic rings. The molecule has 0 aliphatic carbocycles. The third kappa shape index (κ3) is 3.29. The predicted molar refractivity (Wildman–Crippen MR) is 82.0 cm³/mol. The average Bonchev–Trinajstić information content (AvgIpc) is 2.69. The van der Waals surface area contributed by atoms with Crippen molar-refractivity contribution in [1.82, 2.24) is 4.98 Å². The number of aromatic amines is 1. The minimum absolute atomic E-state index is 0. The first-order valence-corrected chi connectivity index (χ1v) is 6.64. The average molecular weight is 348 g/mol. The van der Waals surface area contributed by atoms with Crippen LogP contribution in [0.5, 0.6) is 0 Å². The molecule has 104 valence electrons. The van der Waals surface area contributed by atoms with E-state index in [2.05, 4.69) is 20.9 Å². The fourth-order valence-corrected chi connectivity index (χ4v) is 2.36. The van der Waals surface area contributed by atoms with Crippen LogP contribution in [0.15, 0.2) is 22.7 Å². The molecule has 6 heteroatoms. The third-order valence-corrected chi connectivity index (χ3v) is 3.24. The lowest BCUT2D eigenvalue weighted by atomic mass is 10.1. The molecular weight excluding hydrogens is 332 g/mol. The van der Waals surface area contributed by atoms with E-state index in [1.165, 1.54) is 0 Å². The summed E-state index contributed by atoms with van der Waals surface area (Å²) in [5.74, 6) is -0.326. The van der Waals surface area contributed by atoms with Crippen molar-refractivity contribution in [2.45, 2.75) is 13.3 Å². The zero-order valence-corrected chi connectivity index (χ0v) is 12.9. The van der Waals surface area contributed by atoms with Crippen molar-refractivity contribution in [2.75, 3.05) is 13.2 Å². The van der Waals surface area contributed by atoms with Gasteiger partial charge < -0.3 is 15.5 Å². The van der Waals surface area contributed by atoms with Gasteiger partial charge in [0.15, 0.2) is 0 Å². The molecule has 1 heterocycles. The largest absolute Gasteiger partial charge is 0.461 e. The molecular formula is C13H16BrClN2O2. The Hall–Kier alpha value is -1.04. The van der Waals surface area contributed by atoms with Crippen molar-refractivity contribution in [3.05, 3.63) is 33.9 Å². The van der Waals surface area contributed by atoms with E-state index in [1.807, 2.05) is 18.2 Å². The number of nitrogens with one attached hydrogen (secondary N) is 1. The monoisotopic (exact) mass is 346 g/mol. The SMILES string of the molecule is CCOC(=O)c1[nH]c2ccc(Br)cc2c1CCN.Cl. The molecule has 0 unspecified atom stereocenters. The number of esters is 1. The van der Waals surface area contributed by atoms with Gasteiger partial charge in [-0.2, -0.15) is 0 Å². The van der Waals surface area contributed by atoms with Crippen molar-refractivity contribution in [2.24, 2.45) is 5.73 Å². The van der Waals surface area contributed by atoms with Gasteiger partial charge in [0.2, 0.25) is 0 Å². The Balaban J connectivity index is 0.00000180. The third-order valence-electron chi connectivity index (χ3n) is 2.74. The molecule has 2 rings (SSSR count). The van der Waals surface area contributed by atoms with E-state index in [4.69, 9.17) is 10.5 Å². The second kappa shape index (κ2) is 6.93. The number of hydrogen-bond acceptors (Lipinski definition) is 3. The highest BCUT2D eigenvalue weighted by Gasteiger charge is 2.18. The highest BCUT2D eigenvalue weighted by atomic mass is 79.9. The van der Waals surface area contributed by atoms with Gasteiger partial charge in [-0.25, -0.2) is 4.79 Å². The quantitative estimate of drug-likeness (QED) is 0.835. The van der Waals surface area contributed by atoms with Crippen LogP contribution in [0, 0.1) is 0 Å². The summed E-state index contributed by atoms with van der Waals surface area (Å²) < 4.78 is 6.03. The van der Waals surface area contributed by atoms with Crippen LogP contribution in [0.3, 0.4) is 0 Å². The zero-order valence-electron chi connectivity index (χ0n) is 10.5. The maximum atomic E-state index is 11.9. The number of aromatic nitrogens is 1. The van der Waals surface area contributed by atoms with Crippen LogP contribution in [-0.2, 0) is 11.2 Å². The molecule has 4 nitrogen and oxygen atoms in total. The molecule has 0 fully saturated rings. The highest BCUT2D eigenvalue weighted by molar-refractivity contribution is 9.10. The Kier molecular flexibility index (Phi) is 5.85. The van der Waals surface area contributed by atoms with Crippen LogP contribution >= 0.6 is 28.3 Å². The number of benzene rings is 1. The highest BCUT2D eigenvalue weighted by Crippen LogP contribution is 2.26. The number of carbonyl (C=O) groups is 1. The van der Waals surface area contributed by atoms with Gasteiger partial charge in [0.1, 0.15) is 5.69 Å². The fourth-order valence-electron chi connectivity index (χ4n) is 2.00. The summed E-state index contributed by atoms with van der Waals surface area (Å²) in [5, 5.41) is 1.01. The van der Waals surface area contributed by atoms with Gasteiger partial charge in [-0.15, -0.1) is 12.4 Å². The molecule has 19 heavy (non-hydrogen) atoms. The van der Waals surface area contributed by atoms with E-state index < -0.39 is 0 Å². The fraction of sp³-hybridized carbons (Fsp3) is 0.308. The second-order valence-electron chi connectivity index (χ2n) is 3.93. The van der Waals surface area contributed by atoms with E-state index in [0.717, 1.165) is 20.9 Å². The first-order chi connectivity index (χ1) is 8.67. The Labute approximate surface area is 126 Å². The number of carbonyl (C=O) groups excluding carboxylic acids is 1. The molecule has 0 saturated carbocycles. The molecule has 0 spiro atoms. The lowest BCUT2D eigenvalue weighted by Crippen LogP contribution is -2.10. The molecule has 0 amide bonds. The van der Waals surface area contributed by atoms with Gasteiger partial charge >= 0.3 is 5.97 Å². The van der Waals surface area contributed by atoms with Crippen LogP contribution in [0.4, 0.5) is 0 Å². The van der Waals surface area contributed by atoms with E-state index in [-0.39, 0.29) is 18.4 Å². The van der Waals surface area contributed by atoms with E-state index in [9.17, 15) is 4.79 Å². The number of nitrogens with two attached hydrogens (primary N) is 1. The number of rotatable bonds is 4. The van der Waals surface area contributed by atoms with Crippen LogP contribution in [-0.4, -0.2) is 24.1 Å². The molecule has 0 atom stereocenters. The lowest BCUT2D eigenvalue weighted by Gasteiger charge is -2.03. The Morgan fingerprint density at radius 1 is 1.47 bits per heavy atom. The minimum atomic E-state index is -0.326. The lowest BCUT2D eigenvalue weighted by molar-refractivity contribution is 0.0519. The first-order valence-electron chi connectivity index (χ1n) is 5.84. The van der Waals surface area contributed by atoms with Crippen molar-refractivity contribution >= 4 is 45.2 Å². The maximum Gasteiger partial charge on any atom is 0.355 e. The number of ether oxygens (including phenoxy) is 1. The van der Waals surface area contributed by atoms with Gasteiger partial charge in [0.05, 0.1) is 6.61 Å². The first kappa shape index (κ1) is 16.0. The van der Waals surface area contributed by atoms with Crippen molar-refractivity contribution in [1.29, 1.82) is 0 Å². The summed E-state index contributed by atoms with van der Waals surface area (Å²) in [6.07, 6.45) is 0.643. The number of H-pyrrole nitrogens is 1. The van der Waals surface area contributed by atoms with Crippen LogP contribution in [0.25, 0.3) is 10.9 Å². The molecule has 3 N–H and O–H groups in total. The number of halogens is 2. The molecule has 0 aliphatic heterocycles. The number of hydrogen-bond donors (Lipinski definition) is 2. The molecule has 0 bridgehead atoms. The van der Waals surface area contributed by atoms with Crippen molar-refractivity contribution in [3.63, 3.8) is 0 Å². The Morgan fingerprint density at radius 2 is 2.21 bits per heavy atom. The van der Waals surface area contributed by atoms with Gasteiger partial charge in [0, 0.05) is 15.4 Å². The van der Waals surface area contributed by atoms with Crippen molar-refractivity contribution < 1.29 is 9.53 Å². The second-order valence-corrected chi connectivity index (χ2v) is 4.84. The van der Waals surface area contributed by atoms with E-state index in [1.54, 1.807) is 6.92 Å². The Bertz CT molecular complexity index is 583.